The van der Waals surface area contributed by atoms with E-state index in [2.05, 4.69) is 15.2 Å². The van der Waals surface area contributed by atoms with E-state index in [0.717, 1.165) is 58.3 Å². The summed E-state index contributed by atoms with van der Waals surface area (Å²) in [5.41, 5.74) is 1.30. The average molecular weight is 378 g/mol. The summed E-state index contributed by atoms with van der Waals surface area (Å²) >= 11 is 0. The summed E-state index contributed by atoms with van der Waals surface area (Å²) < 4.78 is 38.6. The summed E-state index contributed by atoms with van der Waals surface area (Å²) in [4.78, 5) is 8.41. The van der Waals surface area contributed by atoms with Gasteiger partial charge in [0.25, 0.3) is 0 Å². The van der Waals surface area contributed by atoms with Crippen molar-refractivity contribution in [2.24, 2.45) is 0 Å². The first-order valence-electron chi connectivity index (χ1n) is 9.26. The number of benzene rings is 1. The quantitative estimate of drug-likeness (QED) is 0.749. The molecule has 27 heavy (non-hydrogen) atoms. The molecule has 0 bridgehead atoms. The van der Waals surface area contributed by atoms with Crippen molar-refractivity contribution in [3.8, 4) is 0 Å². The zero-order chi connectivity index (χ0) is 19.1. The van der Waals surface area contributed by atoms with Crippen LogP contribution in [0.25, 0.3) is 0 Å². The Hall–Kier alpha value is -2.12. The highest BCUT2D eigenvalue weighted by Gasteiger charge is 2.31. The Kier molecular flexibility index (Phi) is 6.68. The molecule has 1 aliphatic heterocycles. The van der Waals surface area contributed by atoms with Crippen LogP contribution in [0.1, 0.15) is 17.5 Å². The maximum absolute atomic E-state index is 12.9. The minimum Gasteiger partial charge on any atom is -0.369 e. The lowest BCUT2D eigenvalue weighted by Gasteiger charge is -2.36. The monoisotopic (exact) mass is 378 g/mol. The molecule has 1 aromatic heterocycles. The molecule has 0 radical (unpaired) electrons. The Morgan fingerprint density at radius 1 is 1.00 bits per heavy atom. The highest BCUT2D eigenvalue weighted by Crippen LogP contribution is 2.31. The van der Waals surface area contributed by atoms with Gasteiger partial charge in [-0.15, -0.1) is 0 Å². The number of piperazine rings is 1. The molecule has 0 saturated carbocycles. The third kappa shape index (κ3) is 5.94. The molecule has 7 heteroatoms. The number of rotatable bonds is 7. The Labute approximate surface area is 158 Å². The van der Waals surface area contributed by atoms with E-state index >= 15 is 0 Å². The summed E-state index contributed by atoms with van der Waals surface area (Å²) in [5, 5.41) is 3.42. The number of hydrogen-bond donors (Lipinski definition) is 1. The van der Waals surface area contributed by atoms with Gasteiger partial charge in [-0.3, -0.25) is 9.88 Å². The Morgan fingerprint density at radius 3 is 2.44 bits per heavy atom. The molecule has 1 N–H and O–H groups in total. The van der Waals surface area contributed by atoms with Gasteiger partial charge in [0, 0.05) is 50.8 Å². The van der Waals surface area contributed by atoms with E-state index in [1.807, 2.05) is 17.0 Å². The summed E-state index contributed by atoms with van der Waals surface area (Å²) in [6.45, 7) is 6.04. The van der Waals surface area contributed by atoms with E-state index in [0.29, 0.717) is 5.69 Å². The van der Waals surface area contributed by atoms with Gasteiger partial charge in [-0.2, -0.15) is 13.2 Å². The van der Waals surface area contributed by atoms with E-state index in [-0.39, 0.29) is 0 Å². The zero-order valence-corrected chi connectivity index (χ0v) is 15.3. The van der Waals surface area contributed by atoms with Crippen molar-refractivity contribution in [2.75, 3.05) is 44.2 Å². The van der Waals surface area contributed by atoms with Crippen LogP contribution in [0.4, 0.5) is 18.9 Å². The number of nitrogens with one attached hydrogen (secondary N) is 1. The van der Waals surface area contributed by atoms with Crippen LogP contribution < -0.4 is 10.2 Å². The first-order valence-corrected chi connectivity index (χ1v) is 9.26. The average Bonchev–Trinajstić information content (AvgIpc) is 2.68. The van der Waals surface area contributed by atoms with Gasteiger partial charge in [0.1, 0.15) is 0 Å². The van der Waals surface area contributed by atoms with Gasteiger partial charge in [-0.1, -0.05) is 6.07 Å². The van der Waals surface area contributed by atoms with Crippen molar-refractivity contribution in [1.29, 1.82) is 0 Å². The molecule has 0 spiro atoms. The topological polar surface area (TPSA) is 31.4 Å². The smallest absolute Gasteiger partial charge is 0.369 e. The molecule has 1 aliphatic rings. The molecule has 1 fully saturated rings. The molecular weight excluding hydrogens is 353 g/mol. The third-order valence-electron chi connectivity index (χ3n) is 4.82. The lowest BCUT2D eigenvalue weighted by molar-refractivity contribution is -0.137. The normalized spacial score (nSPS) is 15.9. The van der Waals surface area contributed by atoms with E-state index in [1.54, 1.807) is 18.5 Å². The van der Waals surface area contributed by atoms with Crippen molar-refractivity contribution in [3.63, 3.8) is 0 Å². The van der Waals surface area contributed by atoms with E-state index < -0.39 is 11.7 Å². The van der Waals surface area contributed by atoms with Gasteiger partial charge in [0.05, 0.1) is 5.56 Å². The van der Waals surface area contributed by atoms with Crippen molar-refractivity contribution < 1.29 is 13.2 Å². The second-order valence-electron chi connectivity index (χ2n) is 6.76. The largest absolute Gasteiger partial charge is 0.416 e. The van der Waals surface area contributed by atoms with Gasteiger partial charge in [-0.05, 0) is 55.4 Å². The lowest BCUT2D eigenvalue weighted by atomic mass is 10.1. The maximum atomic E-state index is 12.9. The minimum atomic E-state index is -4.29. The van der Waals surface area contributed by atoms with Gasteiger partial charge < -0.3 is 10.2 Å². The van der Waals surface area contributed by atoms with Crippen LogP contribution in [0, 0.1) is 0 Å². The zero-order valence-electron chi connectivity index (χ0n) is 15.3. The lowest BCUT2D eigenvalue weighted by Crippen LogP contribution is -2.47. The van der Waals surface area contributed by atoms with Gasteiger partial charge in [0.15, 0.2) is 0 Å². The highest BCUT2D eigenvalue weighted by molar-refractivity contribution is 5.49. The predicted molar refractivity (Wildman–Crippen MR) is 101 cm³/mol. The van der Waals surface area contributed by atoms with Gasteiger partial charge in [0.2, 0.25) is 0 Å². The Balaban J connectivity index is 1.37. The molecule has 0 unspecified atom stereocenters. The number of nitrogens with zero attached hydrogens (tertiary/aromatic N) is 3. The van der Waals surface area contributed by atoms with Crippen molar-refractivity contribution in [2.45, 2.75) is 19.1 Å². The highest BCUT2D eigenvalue weighted by atomic mass is 19.4. The molecule has 4 nitrogen and oxygen atoms in total. The molecule has 2 heterocycles. The maximum Gasteiger partial charge on any atom is 0.416 e. The molecule has 0 atom stereocenters. The SMILES string of the molecule is FC(F)(F)c1cccc(N2CCN(CCCNCc3ccncc3)CC2)c1. The van der Waals surface area contributed by atoms with Crippen molar-refractivity contribution >= 4 is 5.69 Å². The standard InChI is InChI=1S/C20H25F3N4/c21-20(22,23)18-3-1-4-19(15-18)27-13-11-26(12-14-27)10-2-7-25-16-17-5-8-24-9-6-17/h1,3-6,8-9,15,25H,2,7,10-14,16H2. The third-order valence-corrected chi connectivity index (χ3v) is 4.82. The predicted octanol–water partition coefficient (Wildman–Crippen LogP) is 3.40. The summed E-state index contributed by atoms with van der Waals surface area (Å²) in [6, 6.07) is 9.62. The van der Waals surface area contributed by atoms with Crippen LogP contribution in [0.5, 0.6) is 0 Å². The minimum absolute atomic E-state index is 0.581. The summed E-state index contributed by atoms with van der Waals surface area (Å²) in [5.74, 6) is 0. The van der Waals surface area contributed by atoms with Crippen LogP contribution in [0.2, 0.25) is 0 Å². The summed E-state index contributed by atoms with van der Waals surface area (Å²) in [7, 11) is 0. The molecule has 1 aromatic carbocycles. The van der Waals surface area contributed by atoms with Crippen LogP contribution in [0.15, 0.2) is 48.8 Å². The van der Waals surface area contributed by atoms with Crippen molar-refractivity contribution in [1.82, 2.24) is 15.2 Å². The molecule has 0 amide bonds. The number of alkyl halides is 3. The molecule has 3 rings (SSSR count). The fraction of sp³-hybridized carbons (Fsp3) is 0.450. The first-order chi connectivity index (χ1) is 13.0. The van der Waals surface area contributed by atoms with E-state index in [1.165, 1.54) is 17.7 Å². The number of aromatic nitrogens is 1. The van der Waals surface area contributed by atoms with E-state index in [9.17, 15) is 13.2 Å². The van der Waals surface area contributed by atoms with Crippen LogP contribution in [0.3, 0.4) is 0 Å². The molecule has 2 aromatic rings. The Morgan fingerprint density at radius 2 is 1.74 bits per heavy atom. The number of hydrogen-bond acceptors (Lipinski definition) is 4. The van der Waals surface area contributed by atoms with Crippen LogP contribution in [-0.2, 0) is 12.7 Å². The molecule has 146 valence electrons. The summed E-state index contributed by atoms with van der Waals surface area (Å²) in [6.07, 6.45) is 0.345. The van der Waals surface area contributed by atoms with Crippen LogP contribution >= 0.6 is 0 Å². The second-order valence-corrected chi connectivity index (χ2v) is 6.76. The molecule has 0 aliphatic carbocycles. The first kappa shape index (κ1) is 19.6. The van der Waals surface area contributed by atoms with Gasteiger partial charge >= 0.3 is 6.18 Å². The van der Waals surface area contributed by atoms with Gasteiger partial charge in [-0.25, -0.2) is 0 Å². The van der Waals surface area contributed by atoms with Crippen molar-refractivity contribution in [3.05, 3.63) is 59.9 Å². The number of anilines is 1. The molecular formula is C20H25F3N4. The Bertz CT molecular complexity index is 698. The number of halogens is 3. The number of pyridine rings is 1. The van der Waals surface area contributed by atoms with E-state index in [4.69, 9.17) is 0 Å². The molecule has 1 saturated heterocycles. The second kappa shape index (κ2) is 9.19. The fourth-order valence-electron chi connectivity index (χ4n) is 3.27. The fourth-order valence-corrected chi connectivity index (χ4v) is 3.27. The van der Waals surface area contributed by atoms with Crippen LogP contribution in [-0.4, -0.2) is 49.2 Å².